The summed E-state index contributed by atoms with van der Waals surface area (Å²) in [6.07, 6.45) is 4.16. The van der Waals surface area contributed by atoms with Gasteiger partial charge in [0.1, 0.15) is 0 Å². The van der Waals surface area contributed by atoms with Gasteiger partial charge >= 0.3 is 0 Å². The van der Waals surface area contributed by atoms with Crippen LogP contribution in [0.15, 0.2) is 24.3 Å². The summed E-state index contributed by atoms with van der Waals surface area (Å²) in [4.78, 5) is 10.3. The lowest BCUT2D eigenvalue weighted by Gasteiger charge is -1.89. The molecule has 0 aromatic heterocycles. The van der Waals surface area contributed by atoms with Gasteiger partial charge in [-0.3, -0.25) is 4.79 Å². The van der Waals surface area contributed by atoms with Gasteiger partial charge in [-0.2, -0.15) is 0 Å². The molecule has 0 saturated heterocycles. The highest BCUT2D eigenvalue weighted by molar-refractivity contribution is 5.91. The monoisotopic (exact) mass is 125 g/mol. The largest absolute Gasteiger partial charge is 0.366 e. The number of carbonyl (C=O) groups excluding carboxylic acids is 1. The number of amides is 1. The van der Waals surface area contributed by atoms with E-state index in [1.807, 2.05) is 0 Å². The number of primary amides is 1. The van der Waals surface area contributed by atoms with E-state index in [0.29, 0.717) is 12.0 Å². The molecule has 50 valence electrons. The van der Waals surface area contributed by atoms with Gasteiger partial charge in [-0.15, -0.1) is 6.58 Å². The second-order valence-corrected chi connectivity index (χ2v) is 1.78. The molecule has 0 rings (SSSR count). The molecule has 0 aliphatic heterocycles. The number of hydrogen-bond acceptors (Lipinski definition) is 1. The Labute approximate surface area is 55.1 Å². The van der Waals surface area contributed by atoms with Crippen LogP contribution in [0, 0.1) is 0 Å². The highest BCUT2D eigenvalue weighted by atomic mass is 16.1. The predicted octanol–water partition coefficient (Wildman–Crippen LogP) is 0.994. The van der Waals surface area contributed by atoms with Gasteiger partial charge in [0.15, 0.2) is 0 Å². The summed E-state index contributed by atoms with van der Waals surface area (Å²) < 4.78 is 0. The molecule has 2 N–H and O–H groups in total. The van der Waals surface area contributed by atoms with Crippen molar-refractivity contribution >= 4 is 5.91 Å². The molecule has 0 unspecified atom stereocenters. The number of nitrogens with two attached hydrogens (primary N) is 1. The van der Waals surface area contributed by atoms with E-state index in [-0.39, 0.29) is 5.91 Å². The van der Waals surface area contributed by atoms with Crippen LogP contribution in [0.4, 0.5) is 0 Å². The quantitative estimate of drug-likeness (QED) is 0.443. The van der Waals surface area contributed by atoms with Gasteiger partial charge in [0.2, 0.25) is 5.91 Å². The molecule has 0 bridgehead atoms. The van der Waals surface area contributed by atoms with Crippen LogP contribution < -0.4 is 5.73 Å². The summed E-state index contributed by atoms with van der Waals surface area (Å²) in [5.41, 5.74) is 5.53. The molecule has 0 saturated carbocycles. The Balaban J connectivity index is 3.83. The van der Waals surface area contributed by atoms with E-state index < -0.39 is 0 Å². The first-order valence-electron chi connectivity index (χ1n) is 2.76. The lowest BCUT2D eigenvalue weighted by atomic mass is 10.2. The standard InChI is InChI=1S/C7H11NO/c1-3-4-5-6(2)7(8)9/h3,5H,1,4H2,2H3,(H2,8,9). The van der Waals surface area contributed by atoms with E-state index >= 15 is 0 Å². The highest BCUT2D eigenvalue weighted by Gasteiger charge is 1.92. The van der Waals surface area contributed by atoms with Gasteiger partial charge < -0.3 is 5.73 Å². The smallest absolute Gasteiger partial charge is 0.244 e. The molecule has 9 heavy (non-hydrogen) atoms. The topological polar surface area (TPSA) is 43.1 Å². The fourth-order valence-electron chi connectivity index (χ4n) is 0.361. The maximum atomic E-state index is 10.3. The second kappa shape index (κ2) is 3.89. The van der Waals surface area contributed by atoms with Crippen molar-refractivity contribution in [1.29, 1.82) is 0 Å². The molecule has 0 aromatic rings. The Hall–Kier alpha value is -1.05. The molecule has 0 aromatic carbocycles. The third-order valence-corrected chi connectivity index (χ3v) is 0.979. The average molecular weight is 125 g/mol. The van der Waals surface area contributed by atoms with Gasteiger partial charge in [0, 0.05) is 5.57 Å². The van der Waals surface area contributed by atoms with Crippen LogP contribution in [-0.4, -0.2) is 5.91 Å². The molecule has 0 aliphatic rings. The Kier molecular flexibility index (Phi) is 3.44. The summed E-state index contributed by atoms with van der Waals surface area (Å²) in [5, 5.41) is 0. The molecule has 0 heterocycles. The third-order valence-electron chi connectivity index (χ3n) is 0.979. The van der Waals surface area contributed by atoms with E-state index in [4.69, 9.17) is 5.73 Å². The minimum Gasteiger partial charge on any atom is -0.366 e. The van der Waals surface area contributed by atoms with Crippen LogP contribution in [0.25, 0.3) is 0 Å². The van der Waals surface area contributed by atoms with Gasteiger partial charge in [-0.1, -0.05) is 12.2 Å². The third kappa shape index (κ3) is 3.53. The van der Waals surface area contributed by atoms with Crippen LogP contribution in [-0.2, 0) is 4.79 Å². The van der Waals surface area contributed by atoms with Gasteiger partial charge in [-0.05, 0) is 13.3 Å². The predicted molar refractivity (Wildman–Crippen MR) is 37.8 cm³/mol. The van der Waals surface area contributed by atoms with E-state index in [0.717, 1.165) is 0 Å². The molecule has 2 heteroatoms. The van der Waals surface area contributed by atoms with Crippen molar-refractivity contribution in [2.75, 3.05) is 0 Å². The first-order chi connectivity index (χ1) is 4.18. The van der Waals surface area contributed by atoms with Crippen molar-refractivity contribution in [3.8, 4) is 0 Å². The molecule has 1 amide bonds. The Morgan fingerprint density at radius 3 is 2.67 bits per heavy atom. The minimum atomic E-state index is -0.364. The average Bonchev–Trinajstić information content (AvgIpc) is 1.82. The molecule has 0 aliphatic carbocycles. The van der Waals surface area contributed by atoms with Crippen molar-refractivity contribution < 1.29 is 4.79 Å². The van der Waals surface area contributed by atoms with Gasteiger partial charge in [0.05, 0.1) is 0 Å². The molecule has 0 atom stereocenters. The fourth-order valence-corrected chi connectivity index (χ4v) is 0.361. The van der Waals surface area contributed by atoms with Crippen molar-refractivity contribution in [3.63, 3.8) is 0 Å². The van der Waals surface area contributed by atoms with Crippen LogP contribution >= 0.6 is 0 Å². The van der Waals surface area contributed by atoms with Crippen molar-refractivity contribution in [2.24, 2.45) is 5.73 Å². The summed E-state index contributed by atoms with van der Waals surface area (Å²) >= 11 is 0. The second-order valence-electron chi connectivity index (χ2n) is 1.78. The SMILES string of the molecule is C=CCC=C(C)C(N)=O. The number of carbonyl (C=O) groups is 1. The summed E-state index contributed by atoms with van der Waals surface area (Å²) in [5.74, 6) is -0.364. The van der Waals surface area contributed by atoms with Crippen molar-refractivity contribution in [3.05, 3.63) is 24.3 Å². The lowest BCUT2D eigenvalue weighted by molar-refractivity contribution is -0.114. The van der Waals surface area contributed by atoms with Gasteiger partial charge in [0.25, 0.3) is 0 Å². The Morgan fingerprint density at radius 1 is 1.78 bits per heavy atom. The van der Waals surface area contributed by atoms with E-state index in [2.05, 4.69) is 6.58 Å². The lowest BCUT2D eigenvalue weighted by Crippen LogP contribution is -2.11. The highest BCUT2D eigenvalue weighted by Crippen LogP contribution is 1.92. The zero-order valence-electron chi connectivity index (χ0n) is 5.55. The normalized spacial score (nSPS) is 11.0. The van der Waals surface area contributed by atoms with E-state index in [1.54, 1.807) is 19.1 Å². The Morgan fingerprint density at radius 2 is 2.33 bits per heavy atom. The van der Waals surface area contributed by atoms with Crippen LogP contribution in [0.2, 0.25) is 0 Å². The number of hydrogen-bond donors (Lipinski definition) is 1. The Bertz CT molecular complexity index is 147. The molecular weight excluding hydrogens is 114 g/mol. The maximum Gasteiger partial charge on any atom is 0.244 e. The van der Waals surface area contributed by atoms with Crippen LogP contribution in [0.5, 0.6) is 0 Å². The summed E-state index contributed by atoms with van der Waals surface area (Å²) in [6.45, 7) is 5.18. The molecule has 0 radical (unpaired) electrons. The number of allylic oxidation sites excluding steroid dienone is 2. The zero-order chi connectivity index (χ0) is 7.28. The molecule has 2 nitrogen and oxygen atoms in total. The molecular formula is C7H11NO. The van der Waals surface area contributed by atoms with Gasteiger partial charge in [-0.25, -0.2) is 0 Å². The van der Waals surface area contributed by atoms with Crippen molar-refractivity contribution in [2.45, 2.75) is 13.3 Å². The number of rotatable bonds is 3. The van der Waals surface area contributed by atoms with Crippen molar-refractivity contribution in [1.82, 2.24) is 0 Å². The van der Waals surface area contributed by atoms with Crippen LogP contribution in [0.3, 0.4) is 0 Å². The first-order valence-corrected chi connectivity index (χ1v) is 2.76. The van der Waals surface area contributed by atoms with Crippen LogP contribution in [0.1, 0.15) is 13.3 Å². The fraction of sp³-hybridized carbons (Fsp3) is 0.286. The zero-order valence-corrected chi connectivity index (χ0v) is 5.55. The first kappa shape index (κ1) is 7.95. The van der Waals surface area contributed by atoms with E-state index in [9.17, 15) is 4.79 Å². The summed E-state index contributed by atoms with van der Waals surface area (Å²) in [6, 6.07) is 0. The molecule has 0 spiro atoms. The van der Waals surface area contributed by atoms with E-state index in [1.165, 1.54) is 0 Å². The molecule has 0 fully saturated rings. The maximum absolute atomic E-state index is 10.3. The summed E-state index contributed by atoms with van der Waals surface area (Å²) in [7, 11) is 0. The minimum absolute atomic E-state index is 0.364.